The van der Waals surface area contributed by atoms with Crippen LogP contribution in [0.5, 0.6) is 5.75 Å². The molecule has 1 amide bonds. The molecule has 8 heteroatoms. The highest BCUT2D eigenvalue weighted by Crippen LogP contribution is 2.53. The molecule has 6 nitrogen and oxygen atoms in total. The third kappa shape index (κ3) is 2.19. The van der Waals surface area contributed by atoms with Crippen LogP contribution in [0.1, 0.15) is 25.5 Å². The van der Waals surface area contributed by atoms with Gasteiger partial charge < -0.3 is 9.47 Å². The number of carbonyl (C=O) groups excluding carboxylic acids is 2. The van der Waals surface area contributed by atoms with Gasteiger partial charge in [-0.25, -0.2) is 4.99 Å². The van der Waals surface area contributed by atoms with Crippen LogP contribution in [0, 0.1) is 5.92 Å². The van der Waals surface area contributed by atoms with Gasteiger partial charge in [0, 0.05) is 10.0 Å². The van der Waals surface area contributed by atoms with Gasteiger partial charge in [0.1, 0.15) is 11.7 Å². The Balaban J connectivity index is 1.93. The van der Waals surface area contributed by atoms with Gasteiger partial charge in [-0.05, 0) is 32.0 Å². The van der Waals surface area contributed by atoms with Gasteiger partial charge in [-0.1, -0.05) is 27.7 Å². The number of amides is 1. The van der Waals surface area contributed by atoms with E-state index in [4.69, 9.17) is 9.47 Å². The van der Waals surface area contributed by atoms with Gasteiger partial charge in [0.05, 0.1) is 18.4 Å². The van der Waals surface area contributed by atoms with Crippen LogP contribution in [0.2, 0.25) is 0 Å². The van der Waals surface area contributed by atoms with Crippen molar-refractivity contribution in [2.24, 2.45) is 10.9 Å². The van der Waals surface area contributed by atoms with Crippen molar-refractivity contribution in [2.45, 2.75) is 25.6 Å². The lowest BCUT2D eigenvalue weighted by Crippen LogP contribution is -2.59. The molecule has 0 unspecified atom stereocenters. The lowest BCUT2D eigenvalue weighted by atomic mass is 9.80. The number of amidine groups is 1. The molecule has 0 aromatic heterocycles. The average molecular weight is 411 g/mol. The highest BCUT2D eigenvalue weighted by atomic mass is 79.9. The summed E-state index contributed by atoms with van der Waals surface area (Å²) in [6.45, 7) is 3.80. The van der Waals surface area contributed by atoms with Crippen LogP contribution < -0.4 is 4.74 Å². The molecule has 3 aliphatic heterocycles. The quantitative estimate of drug-likeness (QED) is 0.701. The van der Waals surface area contributed by atoms with Crippen molar-refractivity contribution in [3.8, 4) is 5.75 Å². The summed E-state index contributed by atoms with van der Waals surface area (Å²) in [6.07, 6.45) is 0. The van der Waals surface area contributed by atoms with Crippen LogP contribution in [0.3, 0.4) is 0 Å². The molecule has 0 spiro atoms. The van der Waals surface area contributed by atoms with E-state index in [-0.39, 0.29) is 12.5 Å². The highest BCUT2D eigenvalue weighted by Gasteiger charge is 2.60. The van der Waals surface area contributed by atoms with E-state index in [0.717, 1.165) is 10.0 Å². The molecular formula is C16H15BrN2O4S. The number of fused-ring (bicyclic) bond motifs is 6. The van der Waals surface area contributed by atoms with Crippen LogP contribution in [0.15, 0.2) is 27.7 Å². The van der Waals surface area contributed by atoms with Crippen LogP contribution in [-0.2, 0) is 14.3 Å². The number of esters is 1. The van der Waals surface area contributed by atoms with Gasteiger partial charge in [-0.3, -0.25) is 14.5 Å². The summed E-state index contributed by atoms with van der Waals surface area (Å²) in [7, 11) is 0. The number of hydrogen-bond donors (Lipinski definition) is 0. The second-order valence-corrected chi connectivity index (χ2v) is 7.82. The normalized spacial score (nSPS) is 30.2. The largest absolute Gasteiger partial charge is 0.466 e. The van der Waals surface area contributed by atoms with Crippen LogP contribution in [-0.4, -0.2) is 40.0 Å². The molecule has 1 fully saturated rings. The van der Waals surface area contributed by atoms with Gasteiger partial charge in [0.25, 0.3) is 0 Å². The van der Waals surface area contributed by atoms with E-state index in [2.05, 4.69) is 20.9 Å². The number of nitrogens with zero attached hydrogens (tertiary/aromatic N) is 2. The minimum atomic E-state index is -1.08. The van der Waals surface area contributed by atoms with Crippen molar-refractivity contribution in [2.75, 3.05) is 12.4 Å². The standard InChI is InChI=1S/C16H15BrN2O4S/c1-3-22-14(21)12-13-9-6-8(17)4-5-10(9)23-16(12,2)18-15-19(13)11(20)7-24-15/h4-6,12-13H,3,7H2,1-2H3/t12-,13+,16+/m0/s1. The molecule has 1 aromatic rings. The van der Waals surface area contributed by atoms with Crippen LogP contribution >= 0.6 is 27.7 Å². The fourth-order valence-electron chi connectivity index (χ4n) is 3.48. The van der Waals surface area contributed by atoms with E-state index in [9.17, 15) is 9.59 Å². The maximum absolute atomic E-state index is 12.7. The lowest BCUT2D eigenvalue weighted by Gasteiger charge is -2.49. The predicted molar refractivity (Wildman–Crippen MR) is 92.8 cm³/mol. The smallest absolute Gasteiger partial charge is 0.317 e. The molecule has 126 valence electrons. The molecule has 0 N–H and O–H groups in total. The van der Waals surface area contributed by atoms with E-state index in [1.165, 1.54) is 11.8 Å². The number of ether oxygens (including phenoxy) is 2. The Hall–Kier alpha value is -1.54. The number of halogens is 1. The molecular weight excluding hydrogens is 396 g/mol. The van der Waals surface area contributed by atoms with Gasteiger partial charge in [0.2, 0.25) is 11.6 Å². The molecule has 3 heterocycles. The first-order valence-electron chi connectivity index (χ1n) is 7.64. The minimum absolute atomic E-state index is 0.0482. The second kappa shape index (κ2) is 5.49. The van der Waals surface area contributed by atoms with Crippen LogP contribution in [0.25, 0.3) is 0 Å². The summed E-state index contributed by atoms with van der Waals surface area (Å²) in [5.74, 6) is -0.190. The number of aliphatic imine (C=N–C) groups is 1. The summed E-state index contributed by atoms with van der Waals surface area (Å²) < 4.78 is 12.2. The monoisotopic (exact) mass is 410 g/mol. The molecule has 1 aromatic carbocycles. The van der Waals surface area contributed by atoms with Crippen molar-refractivity contribution in [1.29, 1.82) is 0 Å². The molecule has 24 heavy (non-hydrogen) atoms. The van der Waals surface area contributed by atoms with E-state index in [1.807, 2.05) is 18.2 Å². The first-order chi connectivity index (χ1) is 11.4. The van der Waals surface area contributed by atoms with Crippen molar-refractivity contribution >= 4 is 44.7 Å². The SMILES string of the molecule is CCOC(=O)[C@@H]1[C@H]2c3cc(Br)ccc3O[C@@]1(C)N=C1SCC(=O)N12. The lowest BCUT2D eigenvalue weighted by molar-refractivity contribution is -0.163. The molecule has 3 aliphatic rings. The number of carbonyl (C=O) groups is 2. The molecule has 0 aliphatic carbocycles. The fourth-order valence-corrected chi connectivity index (χ4v) is 4.86. The summed E-state index contributed by atoms with van der Waals surface area (Å²) >= 11 is 4.84. The molecule has 0 saturated carbocycles. The zero-order chi connectivity index (χ0) is 17.1. The second-order valence-electron chi connectivity index (χ2n) is 5.96. The van der Waals surface area contributed by atoms with Crippen LogP contribution in [0.4, 0.5) is 0 Å². The third-order valence-corrected chi connectivity index (χ3v) is 5.87. The third-order valence-electron chi connectivity index (χ3n) is 4.44. The Morgan fingerprint density at radius 3 is 3.12 bits per heavy atom. The van der Waals surface area contributed by atoms with E-state index in [0.29, 0.717) is 16.7 Å². The zero-order valence-corrected chi connectivity index (χ0v) is 15.5. The maximum atomic E-state index is 12.7. The van der Waals surface area contributed by atoms with Crippen molar-refractivity contribution in [3.05, 3.63) is 28.2 Å². The highest BCUT2D eigenvalue weighted by molar-refractivity contribution is 9.10. The van der Waals surface area contributed by atoms with Crippen molar-refractivity contribution < 1.29 is 19.1 Å². The van der Waals surface area contributed by atoms with E-state index >= 15 is 0 Å². The maximum Gasteiger partial charge on any atom is 0.317 e. The number of rotatable bonds is 2. The van der Waals surface area contributed by atoms with Gasteiger partial charge in [0.15, 0.2) is 5.17 Å². The van der Waals surface area contributed by atoms with E-state index < -0.39 is 23.7 Å². The fraction of sp³-hybridized carbons (Fsp3) is 0.438. The van der Waals surface area contributed by atoms with E-state index in [1.54, 1.807) is 18.7 Å². The molecule has 0 radical (unpaired) electrons. The number of thioether (sulfide) groups is 1. The van der Waals surface area contributed by atoms with Gasteiger partial charge in [-0.15, -0.1) is 0 Å². The summed E-state index contributed by atoms with van der Waals surface area (Å²) in [4.78, 5) is 31.4. The Morgan fingerprint density at radius 2 is 2.38 bits per heavy atom. The predicted octanol–water partition coefficient (Wildman–Crippen LogP) is 2.72. The van der Waals surface area contributed by atoms with Crippen molar-refractivity contribution in [1.82, 2.24) is 4.90 Å². The average Bonchev–Trinajstić information content (AvgIpc) is 2.87. The van der Waals surface area contributed by atoms with Gasteiger partial charge >= 0.3 is 5.97 Å². The molecule has 2 bridgehead atoms. The first kappa shape index (κ1) is 16.0. The van der Waals surface area contributed by atoms with Crippen molar-refractivity contribution in [3.63, 3.8) is 0 Å². The molecule has 1 saturated heterocycles. The summed E-state index contributed by atoms with van der Waals surface area (Å²) in [6, 6.07) is 5.13. The first-order valence-corrected chi connectivity index (χ1v) is 9.42. The topological polar surface area (TPSA) is 68.2 Å². The number of hydrogen-bond acceptors (Lipinski definition) is 6. The number of benzene rings is 1. The minimum Gasteiger partial charge on any atom is -0.466 e. The zero-order valence-electron chi connectivity index (χ0n) is 13.1. The van der Waals surface area contributed by atoms with Gasteiger partial charge in [-0.2, -0.15) is 0 Å². The Kier molecular flexibility index (Phi) is 3.65. The molecule has 4 rings (SSSR count). The Bertz CT molecular complexity index is 783. The summed E-state index contributed by atoms with van der Waals surface area (Å²) in [5, 5.41) is 0.610. The Morgan fingerprint density at radius 1 is 1.58 bits per heavy atom. The summed E-state index contributed by atoms with van der Waals surface area (Å²) in [5.41, 5.74) is -0.288. The Labute approximate surface area is 151 Å². The molecule has 3 atom stereocenters.